The van der Waals surface area contributed by atoms with Gasteiger partial charge in [-0.3, -0.25) is 0 Å². The number of hydrogen-bond donors (Lipinski definition) is 1. The Kier molecular flexibility index (Phi) is 3.62. The van der Waals surface area contributed by atoms with Crippen molar-refractivity contribution in [2.45, 2.75) is 11.9 Å². The minimum absolute atomic E-state index is 0.333. The number of fused-ring (bicyclic) bond motifs is 1. The molecular formula is C13H16N4O2S. The fourth-order valence-electron chi connectivity index (χ4n) is 2.41. The molecule has 106 valence electrons. The number of anilines is 1. The number of aromatic amines is 1. The smallest absolute Gasteiger partial charge is 0.346 e. The predicted molar refractivity (Wildman–Crippen MR) is 79.7 cm³/mol. The number of morpholine rings is 1. The first kappa shape index (κ1) is 13.4. The average Bonchev–Trinajstić information content (AvgIpc) is 2.47. The van der Waals surface area contributed by atoms with Gasteiger partial charge in [-0.1, -0.05) is 0 Å². The highest BCUT2D eigenvalue weighted by atomic mass is 32.2. The Labute approximate surface area is 120 Å². The monoisotopic (exact) mass is 292 g/mol. The molecule has 0 unspecified atom stereocenters. The van der Waals surface area contributed by atoms with Crippen LogP contribution in [0.1, 0.15) is 5.69 Å². The molecule has 1 saturated heterocycles. The summed E-state index contributed by atoms with van der Waals surface area (Å²) in [7, 11) is 0. The van der Waals surface area contributed by atoms with Gasteiger partial charge in [-0.15, -0.1) is 11.8 Å². The van der Waals surface area contributed by atoms with E-state index in [1.807, 2.05) is 19.2 Å². The molecule has 0 radical (unpaired) electrons. The van der Waals surface area contributed by atoms with E-state index in [9.17, 15) is 4.79 Å². The molecular weight excluding hydrogens is 276 g/mol. The zero-order valence-corrected chi connectivity index (χ0v) is 12.3. The molecule has 0 bridgehead atoms. The minimum Gasteiger partial charge on any atom is -0.378 e. The van der Waals surface area contributed by atoms with Gasteiger partial charge >= 0.3 is 5.69 Å². The topological polar surface area (TPSA) is 71.1 Å². The van der Waals surface area contributed by atoms with E-state index in [0.717, 1.165) is 48.7 Å². The fourth-order valence-corrected chi connectivity index (χ4v) is 2.93. The fraction of sp³-hybridized carbons (Fsp3) is 0.462. The molecule has 0 spiro atoms. The predicted octanol–water partition coefficient (Wildman–Crippen LogP) is 1.19. The molecule has 1 fully saturated rings. The first-order chi connectivity index (χ1) is 9.69. The minimum atomic E-state index is -0.333. The van der Waals surface area contributed by atoms with Gasteiger partial charge in [-0.05, 0) is 19.2 Å². The van der Waals surface area contributed by atoms with Crippen LogP contribution in [0.25, 0.3) is 11.0 Å². The SMILES string of the molecule is CSc1nc(=O)[nH]c2cc(N3CCOCC3)c(C)nc12. The lowest BCUT2D eigenvalue weighted by molar-refractivity contribution is 0.122. The van der Waals surface area contributed by atoms with Crippen LogP contribution in [-0.4, -0.2) is 47.5 Å². The van der Waals surface area contributed by atoms with Crippen molar-refractivity contribution in [1.29, 1.82) is 0 Å². The number of aryl methyl sites for hydroxylation is 1. The van der Waals surface area contributed by atoms with Crippen molar-refractivity contribution < 1.29 is 4.74 Å². The maximum Gasteiger partial charge on any atom is 0.346 e. The number of ether oxygens (including phenoxy) is 1. The second kappa shape index (κ2) is 5.41. The van der Waals surface area contributed by atoms with E-state index in [0.29, 0.717) is 5.03 Å². The Balaban J connectivity index is 2.15. The average molecular weight is 292 g/mol. The van der Waals surface area contributed by atoms with E-state index in [1.165, 1.54) is 11.8 Å². The highest BCUT2D eigenvalue weighted by molar-refractivity contribution is 7.98. The third-order valence-electron chi connectivity index (χ3n) is 3.38. The maximum absolute atomic E-state index is 11.6. The molecule has 6 nitrogen and oxygen atoms in total. The van der Waals surface area contributed by atoms with Crippen LogP contribution in [0, 0.1) is 6.92 Å². The van der Waals surface area contributed by atoms with Gasteiger partial charge in [0.05, 0.1) is 30.1 Å². The largest absolute Gasteiger partial charge is 0.378 e. The summed E-state index contributed by atoms with van der Waals surface area (Å²) in [5.41, 5.74) is 3.16. The molecule has 2 aromatic heterocycles. The molecule has 1 N–H and O–H groups in total. The van der Waals surface area contributed by atoms with Gasteiger partial charge in [0.1, 0.15) is 10.5 Å². The molecule has 1 aliphatic rings. The molecule has 0 saturated carbocycles. The molecule has 0 aliphatic carbocycles. The highest BCUT2D eigenvalue weighted by Crippen LogP contribution is 2.26. The summed E-state index contributed by atoms with van der Waals surface area (Å²) in [6.07, 6.45) is 1.90. The van der Waals surface area contributed by atoms with Gasteiger partial charge in [-0.25, -0.2) is 9.78 Å². The summed E-state index contributed by atoms with van der Waals surface area (Å²) in [5, 5.41) is 0.667. The summed E-state index contributed by atoms with van der Waals surface area (Å²) in [6.45, 7) is 5.12. The summed E-state index contributed by atoms with van der Waals surface area (Å²) < 4.78 is 5.37. The van der Waals surface area contributed by atoms with Crippen LogP contribution >= 0.6 is 11.8 Å². The second-order valence-corrected chi connectivity index (χ2v) is 5.43. The normalized spacial score (nSPS) is 15.8. The van der Waals surface area contributed by atoms with Crippen LogP contribution in [0.2, 0.25) is 0 Å². The van der Waals surface area contributed by atoms with Crippen LogP contribution < -0.4 is 10.6 Å². The standard InChI is InChI=1S/C13H16N4O2S/c1-8-10(17-3-5-19-6-4-17)7-9-11(14-8)12(20-2)16-13(18)15-9/h7H,3-6H2,1-2H3,(H,15,16,18). The van der Waals surface area contributed by atoms with Crippen LogP contribution in [0.4, 0.5) is 5.69 Å². The lowest BCUT2D eigenvalue weighted by atomic mass is 10.2. The Bertz CT molecular complexity index is 695. The molecule has 0 aromatic carbocycles. The Morgan fingerprint density at radius 3 is 2.80 bits per heavy atom. The Morgan fingerprint density at radius 1 is 1.35 bits per heavy atom. The van der Waals surface area contributed by atoms with E-state index in [2.05, 4.69) is 19.9 Å². The van der Waals surface area contributed by atoms with Crippen molar-refractivity contribution in [3.8, 4) is 0 Å². The van der Waals surface area contributed by atoms with E-state index >= 15 is 0 Å². The first-order valence-corrected chi connectivity index (χ1v) is 7.70. The number of nitrogens with zero attached hydrogens (tertiary/aromatic N) is 3. The summed E-state index contributed by atoms with van der Waals surface area (Å²) in [5.74, 6) is 0. The summed E-state index contributed by atoms with van der Waals surface area (Å²) in [6, 6.07) is 1.99. The van der Waals surface area contributed by atoms with Crippen molar-refractivity contribution in [3.63, 3.8) is 0 Å². The van der Waals surface area contributed by atoms with Crippen LogP contribution in [0.3, 0.4) is 0 Å². The molecule has 0 amide bonds. The van der Waals surface area contributed by atoms with Crippen molar-refractivity contribution in [2.75, 3.05) is 37.5 Å². The van der Waals surface area contributed by atoms with Crippen molar-refractivity contribution >= 4 is 28.5 Å². The van der Waals surface area contributed by atoms with Crippen molar-refractivity contribution in [1.82, 2.24) is 15.0 Å². The van der Waals surface area contributed by atoms with E-state index < -0.39 is 0 Å². The zero-order valence-electron chi connectivity index (χ0n) is 11.5. The lowest BCUT2D eigenvalue weighted by Gasteiger charge is -2.29. The van der Waals surface area contributed by atoms with E-state index in [1.54, 1.807) is 0 Å². The number of rotatable bonds is 2. The molecule has 1 aliphatic heterocycles. The molecule has 7 heteroatoms. The highest BCUT2D eigenvalue weighted by Gasteiger charge is 2.16. The summed E-state index contributed by atoms with van der Waals surface area (Å²) >= 11 is 1.44. The van der Waals surface area contributed by atoms with Gasteiger partial charge in [0.25, 0.3) is 0 Å². The summed E-state index contributed by atoms with van der Waals surface area (Å²) in [4.78, 5) is 25.2. The van der Waals surface area contributed by atoms with E-state index in [4.69, 9.17) is 4.74 Å². The molecule has 20 heavy (non-hydrogen) atoms. The van der Waals surface area contributed by atoms with Gasteiger partial charge in [0, 0.05) is 13.1 Å². The molecule has 0 atom stereocenters. The lowest BCUT2D eigenvalue weighted by Crippen LogP contribution is -2.36. The number of aromatic nitrogens is 3. The third kappa shape index (κ3) is 2.38. The quantitative estimate of drug-likeness (QED) is 0.662. The number of H-pyrrole nitrogens is 1. The Morgan fingerprint density at radius 2 is 2.10 bits per heavy atom. The second-order valence-electron chi connectivity index (χ2n) is 4.64. The third-order valence-corrected chi connectivity index (χ3v) is 4.05. The Hall–Kier alpha value is -1.60. The van der Waals surface area contributed by atoms with E-state index in [-0.39, 0.29) is 5.69 Å². The zero-order chi connectivity index (χ0) is 14.1. The van der Waals surface area contributed by atoms with Gasteiger partial charge in [0.2, 0.25) is 0 Å². The van der Waals surface area contributed by atoms with Crippen molar-refractivity contribution in [3.05, 3.63) is 22.2 Å². The van der Waals surface area contributed by atoms with Crippen LogP contribution in [0.5, 0.6) is 0 Å². The van der Waals surface area contributed by atoms with Gasteiger partial charge in [0.15, 0.2) is 0 Å². The maximum atomic E-state index is 11.6. The van der Waals surface area contributed by atoms with Crippen molar-refractivity contribution in [2.24, 2.45) is 0 Å². The number of pyridine rings is 1. The van der Waals surface area contributed by atoms with Crippen LogP contribution in [0.15, 0.2) is 15.9 Å². The van der Waals surface area contributed by atoms with Crippen LogP contribution in [-0.2, 0) is 4.74 Å². The molecule has 2 aromatic rings. The molecule has 3 heterocycles. The first-order valence-electron chi connectivity index (χ1n) is 6.47. The van der Waals surface area contributed by atoms with Gasteiger partial charge in [-0.2, -0.15) is 4.98 Å². The number of nitrogens with one attached hydrogen (secondary N) is 1. The number of thioether (sulfide) groups is 1. The molecule has 3 rings (SSSR count). The van der Waals surface area contributed by atoms with Gasteiger partial charge < -0.3 is 14.6 Å². The number of hydrogen-bond acceptors (Lipinski definition) is 6.